The fourth-order valence-corrected chi connectivity index (χ4v) is 1.91. The normalized spacial score (nSPS) is 12.3. The maximum absolute atomic E-state index is 6.18. The van der Waals surface area contributed by atoms with Gasteiger partial charge in [-0.05, 0) is 23.8 Å². The van der Waals surface area contributed by atoms with Crippen LogP contribution in [0.1, 0.15) is 17.2 Å². The number of nitrogens with two attached hydrogens (primary N) is 4. The zero-order chi connectivity index (χ0) is 12.4. The molecule has 2 rings (SSSR count). The highest BCUT2D eigenvalue weighted by atomic mass is 14.7. The predicted molar refractivity (Wildman–Crippen MR) is 72.2 cm³/mol. The average molecular weight is 228 g/mol. The third-order valence-corrected chi connectivity index (χ3v) is 2.82. The van der Waals surface area contributed by atoms with E-state index in [-0.39, 0.29) is 0 Å². The first kappa shape index (κ1) is 11.3. The van der Waals surface area contributed by atoms with Crippen molar-refractivity contribution in [2.75, 3.05) is 17.2 Å². The standard InChI is InChI=1S/C13H16N4/c14-9-5-2-1-4-8(9)13(17)12-10(15)6-3-7-11(12)16/h1-7,13H,14-17H2. The van der Waals surface area contributed by atoms with Gasteiger partial charge in [-0.15, -0.1) is 0 Å². The lowest BCUT2D eigenvalue weighted by Gasteiger charge is -2.18. The fourth-order valence-electron chi connectivity index (χ4n) is 1.91. The van der Waals surface area contributed by atoms with Crippen LogP contribution in [0.5, 0.6) is 0 Å². The Morgan fingerprint density at radius 1 is 0.706 bits per heavy atom. The predicted octanol–water partition coefficient (Wildman–Crippen LogP) is 1.48. The number of rotatable bonds is 2. The topological polar surface area (TPSA) is 104 Å². The van der Waals surface area contributed by atoms with E-state index in [2.05, 4.69) is 0 Å². The number of benzene rings is 2. The smallest absolute Gasteiger partial charge is 0.0613 e. The van der Waals surface area contributed by atoms with Crippen LogP contribution < -0.4 is 22.9 Å². The van der Waals surface area contributed by atoms with E-state index < -0.39 is 6.04 Å². The van der Waals surface area contributed by atoms with E-state index in [0.29, 0.717) is 17.1 Å². The van der Waals surface area contributed by atoms with Crippen LogP contribution in [0.15, 0.2) is 42.5 Å². The van der Waals surface area contributed by atoms with Crippen molar-refractivity contribution in [2.45, 2.75) is 6.04 Å². The quantitative estimate of drug-likeness (QED) is 0.584. The number of para-hydroxylation sites is 1. The maximum atomic E-state index is 6.18. The van der Waals surface area contributed by atoms with Crippen LogP contribution in [0, 0.1) is 0 Å². The molecule has 17 heavy (non-hydrogen) atoms. The molecule has 0 bridgehead atoms. The lowest BCUT2D eigenvalue weighted by Crippen LogP contribution is -2.17. The van der Waals surface area contributed by atoms with Crippen molar-refractivity contribution in [1.29, 1.82) is 0 Å². The van der Waals surface area contributed by atoms with Gasteiger partial charge in [-0.1, -0.05) is 24.3 Å². The van der Waals surface area contributed by atoms with E-state index in [0.717, 1.165) is 11.1 Å². The number of hydrogen-bond acceptors (Lipinski definition) is 4. The molecule has 0 radical (unpaired) electrons. The number of nitrogen functional groups attached to an aromatic ring is 3. The summed E-state index contributed by atoms with van der Waals surface area (Å²) >= 11 is 0. The molecule has 0 aliphatic rings. The second-order valence-electron chi connectivity index (χ2n) is 3.96. The molecule has 0 fully saturated rings. The summed E-state index contributed by atoms with van der Waals surface area (Å²) in [6.45, 7) is 0. The first-order valence-electron chi connectivity index (χ1n) is 5.35. The van der Waals surface area contributed by atoms with Gasteiger partial charge in [0.1, 0.15) is 0 Å². The fraction of sp³-hybridized carbons (Fsp3) is 0.0769. The van der Waals surface area contributed by atoms with Crippen molar-refractivity contribution >= 4 is 17.1 Å². The monoisotopic (exact) mass is 228 g/mol. The maximum Gasteiger partial charge on any atom is 0.0613 e. The van der Waals surface area contributed by atoms with Gasteiger partial charge in [-0.25, -0.2) is 0 Å². The van der Waals surface area contributed by atoms with Crippen molar-refractivity contribution in [3.05, 3.63) is 53.6 Å². The van der Waals surface area contributed by atoms with Gasteiger partial charge in [0.05, 0.1) is 6.04 Å². The summed E-state index contributed by atoms with van der Waals surface area (Å²) in [5.74, 6) is 0. The SMILES string of the molecule is Nc1ccccc1C(N)c1c(N)cccc1N. The van der Waals surface area contributed by atoms with Crippen molar-refractivity contribution in [3.63, 3.8) is 0 Å². The second kappa shape index (κ2) is 4.35. The van der Waals surface area contributed by atoms with Crippen LogP contribution in [-0.2, 0) is 0 Å². The van der Waals surface area contributed by atoms with Gasteiger partial charge in [0.2, 0.25) is 0 Å². The van der Waals surface area contributed by atoms with Gasteiger partial charge >= 0.3 is 0 Å². The minimum atomic E-state index is -0.405. The van der Waals surface area contributed by atoms with Gasteiger partial charge in [-0.2, -0.15) is 0 Å². The zero-order valence-electron chi connectivity index (χ0n) is 9.43. The molecule has 0 saturated heterocycles. The van der Waals surface area contributed by atoms with Gasteiger partial charge in [0.15, 0.2) is 0 Å². The second-order valence-corrected chi connectivity index (χ2v) is 3.96. The lowest BCUT2D eigenvalue weighted by molar-refractivity contribution is 0.881. The van der Waals surface area contributed by atoms with Crippen LogP contribution in [0.25, 0.3) is 0 Å². The Labute approximate surface area is 100 Å². The molecule has 2 aromatic carbocycles. The Morgan fingerprint density at radius 3 is 1.82 bits per heavy atom. The molecular weight excluding hydrogens is 212 g/mol. The zero-order valence-corrected chi connectivity index (χ0v) is 9.43. The van der Waals surface area contributed by atoms with Gasteiger partial charge in [0, 0.05) is 22.6 Å². The third kappa shape index (κ3) is 2.03. The van der Waals surface area contributed by atoms with E-state index in [1.54, 1.807) is 18.2 Å². The summed E-state index contributed by atoms with van der Waals surface area (Å²) in [4.78, 5) is 0. The minimum absolute atomic E-state index is 0.405. The highest BCUT2D eigenvalue weighted by Crippen LogP contribution is 2.31. The summed E-state index contributed by atoms with van der Waals surface area (Å²) in [7, 11) is 0. The van der Waals surface area contributed by atoms with Crippen LogP contribution in [0.4, 0.5) is 17.1 Å². The molecule has 1 atom stereocenters. The van der Waals surface area contributed by atoms with Gasteiger partial charge in [-0.3, -0.25) is 0 Å². The molecule has 0 aliphatic carbocycles. The molecular formula is C13H16N4. The van der Waals surface area contributed by atoms with Gasteiger partial charge < -0.3 is 22.9 Å². The molecule has 88 valence electrons. The molecule has 1 unspecified atom stereocenters. The first-order valence-corrected chi connectivity index (χ1v) is 5.35. The lowest BCUT2D eigenvalue weighted by atomic mass is 9.95. The summed E-state index contributed by atoms with van der Waals surface area (Å²) in [6.07, 6.45) is 0. The van der Waals surface area contributed by atoms with Crippen LogP contribution >= 0.6 is 0 Å². The Kier molecular flexibility index (Phi) is 2.89. The van der Waals surface area contributed by atoms with Crippen molar-refractivity contribution in [3.8, 4) is 0 Å². The Hall–Kier alpha value is -2.20. The highest BCUT2D eigenvalue weighted by molar-refractivity contribution is 5.66. The summed E-state index contributed by atoms with van der Waals surface area (Å²) in [5, 5.41) is 0. The number of hydrogen-bond donors (Lipinski definition) is 4. The molecule has 0 amide bonds. The highest BCUT2D eigenvalue weighted by Gasteiger charge is 2.16. The van der Waals surface area contributed by atoms with E-state index in [1.807, 2.05) is 24.3 Å². The van der Waals surface area contributed by atoms with Crippen LogP contribution in [-0.4, -0.2) is 0 Å². The molecule has 0 saturated carbocycles. The summed E-state index contributed by atoms with van der Waals surface area (Å²) in [6, 6.07) is 12.4. The van der Waals surface area contributed by atoms with Crippen molar-refractivity contribution in [1.82, 2.24) is 0 Å². The van der Waals surface area contributed by atoms with Crippen LogP contribution in [0.2, 0.25) is 0 Å². The number of anilines is 3. The van der Waals surface area contributed by atoms with E-state index >= 15 is 0 Å². The van der Waals surface area contributed by atoms with Crippen molar-refractivity contribution in [2.24, 2.45) is 5.73 Å². The molecule has 0 heterocycles. The largest absolute Gasteiger partial charge is 0.398 e. The van der Waals surface area contributed by atoms with E-state index in [1.165, 1.54) is 0 Å². The van der Waals surface area contributed by atoms with Crippen LogP contribution in [0.3, 0.4) is 0 Å². The van der Waals surface area contributed by atoms with E-state index in [4.69, 9.17) is 22.9 Å². The minimum Gasteiger partial charge on any atom is -0.398 e. The molecule has 0 aromatic heterocycles. The molecule has 0 aliphatic heterocycles. The Morgan fingerprint density at radius 2 is 1.24 bits per heavy atom. The average Bonchev–Trinajstić information content (AvgIpc) is 2.29. The Bertz CT molecular complexity index is 516. The molecule has 2 aromatic rings. The molecule has 0 spiro atoms. The van der Waals surface area contributed by atoms with Crippen molar-refractivity contribution < 1.29 is 0 Å². The summed E-state index contributed by atoms with van der Waals surface area (Å²) in [5.41, 5.74) is 27.3. The third-order valence-electron chi connectivity index (χ3n) is 2.82. The first-order chi connectivity index (χ1) is 8.11. The molecule has 4 nitrogen and oxygen atoms in total. The Balaban J connectivity index is 2.51. The van der Waals surface area contributed by atoms with Gasteiger partial charge in [0.25, 0.3) is 0 Å². The van der Waals surface area contributed by atoms with E-state index in [9.17, 15) is 0 Å². The molecule has 4 heteroatoms. The molecule has 8 N–H and O–H groups in total. The summed E-state index contributed by atoms with van der Waals surface area (Å²) < 4.78 is 0.